The van der Waals surface area contributed by atoms with Crippen molar-refractivity contribution < 1.29 is 15.3 Å². The molecular weight excluding hydrogens is 659 g/mol. The van der Waals surface area contributed by atoms with E-state index >= 15 is 0 Å². The lowest BCUT2D eigenvalue weighted by Crippen LogP contribution is -1.91. The number of aromatic amines is 2. The van der Waals surface area contributed by atoms with Crippen molar-refractivity contribution in [3.05, 3.63) is 168 Å². The fourth-order valence-corrected chi connectivity index (χ4v) is 6.19. The Morgan fingerprint density at radius 1 is 0.566 bits per heavy atom. The monoisotopic (exact) mass is 693 g/mol. The van der Waals surface area contributed by atoms with Crippen molar-refractivity contribution in [1.82, 2.24) is 9.97 Å². The third-order valence-corrected chi connectivity index (χ3v) is 8.87. The maximum atomic E-state index is 10.4. The van der Waals surface area contributed by atoms with Crippen molar-refractivity contribution in [2.75, 3.05) is 6.61 Å². The Kier molecular flexibility index (Phi) is 10.2. The van der Waals surface area contributed by atoms with Gasteiger partial charge in [0.15, 0.2) is 11.8 Å². The van der Waals surface area contributed by atoms with Crippen LogP contribution in [0.4, 0.5) is 11.4 Å². The molecule has 2 heterocycles. The van der Waals surface area contributed by atoms with E-state index in [-0.39, 0.29) is 18.4 Å². The van der Waals surface area contributed by atoms with E-state index in [9.17, 15) is 15.3 Å². The van der Waals surface area contributed by atoms with Gasteiger partial charge in [-0.3, -0.25) is 9.98 Å². The maximum absolute atomic E-state index is 10.4. The van der Waals surface area contributed by atoms with Gasteiger partial charge >= 0.3 is 0 Å². The number of hydrogen-bond donors (Lipinski definition) is 5. The van der Waals surface area contributed by atoms with Gasteiger partial charge in [0.2, 0.25) is 0 Å². The second-order valence-corrected chi connectivity index (χ2v) is 12.3. The van der Waals surface area contributed by atoms with E-state index in [1.165, 1.54) is 0 Å². The Hall–Kier alpha value is -7.21. The molecule has 8 aromatic rings. The van der Waals surface area contributed by atoms with E-state index in [2.05, 4.69) is 50.3 Å². The number of aliphatic imine (C=N–C) groups is 2. The topological polar surface area (TPSA) is 141 Å². The number of aromatic nitrogens is 2. The van der Waals surface area contributed by atoms with Gasteiger partial charge in [0, 0.05) is 40.8 Å². The highest BCUT2D eigenvalue weighted by Gasteiger charge is 2.12. The van der Waals surface area contributed by atoms with Gasteiger partial charge in [-0.05, 0) is 70.6 Å². The van der Waals surface area contributed by atoms with Crippen LogP contribution < -0.4 is 0 Å². The molecule has 2 aromatic heterocycles. The second-order valence-electron chi connectivity index (χ2n) is 12.3. The Balaban J connectivity index is 0.000000164. The van der Waals surface area contributed by atoms with Crippen molar-refractivity contribution in [3.63, 3.8) is 0 Å². The summed E-state index contributed by atoms with van der Waals surface area (Å²) in [7, 11) is 0. The van der Waals surface area contributed by atoms with E-state index < -0.39 is 0 Å². The number of H-pyrrole nitrogens is 2. The molecule has 258 valence electrons. The van der Waals surface area contributed by atoms with Crippen LogP contribution >= 0.6 is 0 Å². The van der Waals surface area contributed by atoms with Crippen LogP contribution in [0, 0.1) is 11.3 Å². The molecule has 0 aliphatic carbocycles. The lowest BCUT2D eigenvalue weighted by atomic mass is 10.0. The average Bonchev–Trinajstić information content (AvgIpc) is 3.70. The van der Waals surface area contributed by atoms with Crippen LogP contribution in [0.1, 0.15) is 22.3 Å². The molecule has 0 saturated carbocycles. The molecule has 0 spiro atoms. The smallest absolute Gasteiger partial charge is 0.198 e. The van der Waals surface area contributed by atoms with Crippen LogP contribution in [0.5, 0.6) is 11.8 Å². The summed E-state index contributed by atoms with van der Waals surface area (Å²) in [6.07, 6.45) is 3.84. The van der Waals surface area contributed by atoms with Gasteiger partial charge in [-0.2, -0.15) is 5.26 Å². The summed E-state index contributed by atoms with van der Waals surface area (Å²) in [5.41, 5.74) is 10.4. The van der Waals surface area contributed by atoms with Crippen LogP contribution in [-0.4, -0.2) is 44.3 Å². The number of rotatable bonds is 8. The quantitative estimate of drug-likeness (QED) is 0.101. The number of nitrogens with one attached hydrogen (secondary N) is 2. The minimum Gasteiger partial charge on any atom is -0.494 e. The first-order valence-electron chi connectivity index (χ1n) is 17.1. The molecule has 6 aromatic carbocycles. The number of para-hydroxylation sites is 1. The fourth-order valence-electron chi connectivity index (χ4n) is 6.19. The first-order valence-corrected chi connectivity index (χ1v) is 17.1. The summed E-state index contributed by atoms with van der Waals surface area (Å²) in [6, 6.07) is 49.1. The fraction of sp³-hybridized carbons (Fsp3) is 0.0444. The molecule has 0 radical (unpaired) electrons. The highest BCUT2D eigenvalue weighted by Crippen LogP contribution is 2.32. The summed E-state index contributed by atoms with van der Waals surface area (Å²) >= 11 is 0. The summed E-state index contributed by atoms with van der Waals surface area (Å²) in [5.74, 6) is 0.170. The van der Waals surface area contributed by atoms with Gasteiger partial charge in [0.1, 0.15) is 0 Å². The molecule has 8 nitrogen and oxygen atoms in total. The van der Waals surface area contributed by atoms with E-state index in [1.54, 1.807) is 30.6 Å². The van der Waals surface area contributed by atoms with Crippen LogP contribution in [-0.2, 0) is 6.42 Å². The minimum atomic E-state index is 0.0744. The first kappa shape index (κ1) is 34.2. The molecule has 8 rings (SSSR count). The van der Waals surface area contributed by atoms with Crippen molar-refractivity contribution in [2.45, 2.75) is 6.42 Å². The standard InChI is InChI=1S/C23H20N2O2.C22H15N3O/c26-13-12-17-8-4-5-9-21(17)24-15-20-19-11-10-18(14-22(19)25-23(20)27)16-6-2-1-3-7-16;23-13-15-5-4-8-18(11-15)24-14-20-19-10-9-17(12-21(19)25-22(20)26)16-6-2-1-3-7-16/h1-11,14-15,25-27H,12-13H2;1-12,14,25-26H. The number of nitrogens with zero attached hydrogens (tertiary/aromatic N) is 3. The number of nitriles is 1. The zero-order valence-electron chi connectivity index (χ0n) is 28.6. The number of aliphatic hydroxyl groups excluding tert-OH is 1. The maximum Gasteiger partial charge on any atom is 0.198 e. The molecule has 0 aliphatic rings. The largest absolute Gasteiger partial charge is 0.494 e. The third kappa shape index (κ3) is 7.76. The zero-order chi connectivity index (χ0) is 36.6. The Morgan fingerprint density at radius 2 is 1.11 bits per heavy atom. The molecule has 0 fully saturated rings. The van der Waals surface area contributed by atoms with E-state index in [1.807, 2.05) is 103 Å². The summed E-state index contributed by atoms with van der Waals surface area (Å²) in [4.78, 5) is 15.0. The van der Waals surface area contributed by atoms with Crippen molar-refractivity contribution in [2.24, 2.45) is 9.98 Å². The lowest BCUT2D eigenvalue weighted by molar-refractivity contribution is 0.300. The Bertz CT molecular complexity index is 2620. The molecule has 0 atom stereocenters. The van der Waals surface area contributed by atoms with Crippen LogP contribution in [0.25, 0.3) is 44.1 Å². The molecule has 5 N–H and O–H groups in total. The normalized spacial score (nSPS) is 11.2. The molecule has 53 heavy (non-hydrogen) atoms. The third-order valence-electron chi connectivity index (χ3n) is 8.87. The molecule has 0 saturated heterocycles. The van der Waals surface area contributed by atoms with Gasteiger partial charge in [0.05, 0.1) is 34.1 Å². The zero-order valence-corrected chi connectivity index (χ0v) is 28.6. The van der Waals surface area contributed by atoms with Gasteiger partial charge in [-0.25, -0.2) is 0 Å². The highest BCUT2D eigenvalue weighted by atomic mass is 16.3. The van der Waals surface area contributed by atoms with Gasteiger partial charge in [0.25, 0.3) is 0 Å². The first-order chi connectivity index (χ1) is 26.0. The molecule has 0 bridgehead atoms. The highest BCUT2D eigenvalue weighted by molar-refractivity contribution is 6.04. The van der Waals surface area contributed by atoms with E-state index in [0.29, 0.717) is 28.8 Å². The summed E-state index contributed by atoms with van der Waals surface area (Å²) in [5, 5.41) is 40.6. The lowest BCUT2D eigenvalue weighted by Gasteiger charge is -2.03. The molecule has 0 amide bonds. The SMILES string of the molecule is N#Cc1cccc(N=Cc2c(O)[nH]c3cc(-c4ccccc4)ccc23)c1.OCCc1ccccc1N=Cc1c(O)[nH]c2cc(-c3ccccc3)ccc12. The van der Waals surface area contributed by atoms with Crippen molar-refractivity contribution in [1.29, 1.82) is 5.26 Å². The van der Waals surface area contributed by atoms with E-state index in [0.717, 1.165) is 55.3 Å². The molecule has 8 heteroatoms. The van der Waals surface area contributed by atoms with Crippen LogP contribution in [0.15, 0.2) is 156 Å². The molecule has 0 aliphatic heterocycles. The number of aliphatic hydroxyl groups is 1. The predicted molar refractivity (Wildman–Crippen MR) is 214 cm³/mol. The average molecular weight is 694 g/mol. The second kappa shape index (κ2) is 15.8. The van der Waals surface area contributed by atoms with Gasteiger partial charge in [-0.1, -0.05) is 109 Å². The van der Waals surface area contributed by atoms with Crippen LogP contribution in [0.2, 0.25) is 0 Å². The molecular formula is C45H35N5O3. The number of aromatic hydroxyl groups is 2. The molecule has 0 unspecified atom stereocenters. The summed E-state index contributed by atoms with van der Waals surface area (Å²) < 4.78 is 0. The Labute approximate surface area is 306 Å². The van der Waals surface area contributed by atoms with Gasteiger partial charge in [-0.15, -0.1) is 0 Å². The Morgan fingerprint density at radius 3 is 1.68 bits per heavy atom. The minimum absolute atomic E-state index is 0.0744. The van der Waals surface area contributed by atoms with Crippen LogP contribution in [0.3, 0.4) is 0 Å². The predicted octanol–water partition coefficient (Wildman–Crippen LogP) is 9.99. The number of fused-ring (bicyclic) bond motifs is 2. The summed E-state index contributed by atoms with van der Waals surface area (Å²) in [6.45, 7) is 0.0765. The number of hydrogen-bond acceptors (Lipinski definition) is 6. The van der Waals surface area contributed by atoms with Crippen molar-refractivity contribution in [3.8, 4) is 40.1 Å². The van der Waals surface area contributed by atoms with E-state index in [4.69, 9.17) is 5.26 Å². The van der Waals surface area contributed by atoms with Gasteiger partial charge < -0.3 is 25.3 Å². The van der Waals surface area contributed by atoms with Crippen molar-refractivity contribution >= 4 is 45.6 Å². The number of benzene rings is 6.